The standard InChI is InChI=1S/C9H14N2OS/c12-7-8-3-1-2-5-11(8)9-10-4-6-13-9/h4,6,8,12H,1-3,5,7H2. The molecule has 1 N–H and O–H groups in total. The van der Waals surface area contributed by atoms with Gasteiger partial charge in [0.05, 0.1) is 12.6 Å². The molecule has 2 heterocycles. The van der Waals surface area contributed by atoms with E-state index in [4.69, 9.17) is 0 Å². The molecule has 0 bridgehead atoms. The lowest BCUT2D eigenvalue weighted by atomic mass is 10.0. The second-order valence-corrected chi connectivity index (χ2v) is 4.21. The molecule has 1 saturated heterocycles. The summed E-state index contributed by atoms with van der Waals surface area (Å²) < 4.78 is 0. The molecule has 1 unspecified atom stereocenters. The van der Waals surface area contributed by atoms with Gasteiger partial charge in [0.15, 0.2) is 5.13 Å². The maximum atomic E-state index is 9.20. The molecule has 13 heavy (non-hydrogen) atoms. The highest BCUT2D eigenvalue weighted by atomic mass is 32.1. The van der Waals surface area contributed by atoms with Gasteiger partial charge in [-0.25, -0.2) is 4.98 Å². The number of hydrogen-bond acceptors (Lipinski definition) is 4. The fourth-order valence-electron chi connectivity index (χ4n) is 1.80. The van der Waals surface area contributed by atoms with Crippen LogP contribution in [0.25, 0.3) is 0 Å². The van der Waals surface area contributed by atoms with Crippen molar-refractivity contribution in [3.05, 3.63) is 11.6 Å². The zero-order valence-corrected chi connectivity index (χ0v) is 8.33. The predicted octanol–water partition coefficient (Wildman–Crippen LogP) is 1.49. The van der Waals surface area contributed by atoms with Crippen molar-refractivity contribution < 1.29 is 5.11 Å². The van der Waals surface area contributed by atoms with Crippen molar-refractivity contribution in [1.82, 2.24) is 4.98 Å². The number of hydrogen-bond donors (Lipinski definition) is 1. The monoisotopic (exact) mass is 198 g/mol. The van der Waals surface area contributed by atoms with Gasteiger partial charge in [0, 0.05) is 18.1 Å². The SMILES string of the molecule is OCC1CCCCN1c1nccs1. The van der Waals surface area contributed by atoms with Gasteiger partial charge < -0.3 is 10.0 Å². The summed E-state index contributed by atoms with van der Waals surface area (Å²) in [7, 11) is 0. The fourth-order valence-corrected chi connectivity index (χ4v) is 2.54. The van der Waals surface area contributed by atoms with Gasteiger partial charge in [0.2, 0.25) is 0 Å². The maximum Gasteiger partial charge on any atom is 0.185 e. The zero-order valence-electron chi connectivity index (χ0n) is 7.52. The Hall–Kier alpha value is -0.610. The van der Waals surface area contributed by atoms with Gasteiger partial charge in [-0.15, -0.1) is 11.3 Å². The summed E-state index contributed by atoms with van der Waals surface area (Å²) in [6, 6.07) is 0.292. The molecule has 0 aliphatic carbocycles. The van der Waals surface area contributed by atoms with Crippen molar-refractivity contribution in [2.24, 2.45) is 0 Å². The summed E-state index contributed by atoms with van der Waals surface area (Å²) in [5.74, 6) is 0. The third-order valence-corrected chi connectivity index (χ3v) is 3.31. The van der Waals surface area contributed by atoms with Crippen molar-refractivity contribution in [1.29, 1.82) is 0 Å². The summed E-state index contributed by atoms with van der Waals surface area (Å²) in [5, 5.41) is 12.2. The molecule has 0 radical (unpaired) electrons. The topological polar surface area (TPSA) is 36.4 Å². The van der Waals surface area contributed by atoms with Gasteiger partial charge in [-0.1, -0.05) is 0 Å². The highest BCUT2D eigenvalue weighted by Gasteiger charge is 2.22. The van der Waals surface area contributed by atoms with Crippen molar-refractivity contribution >= 4 is 16.5 Å². The Bertz CT molecular complexity index is 250. The highest BCUT2D eigenvalue weighted by Crippen LogP contribution is 2.25. The van der Waals surface area contributed by atoms with E-state index in [2.05, 4.69) is 9.88 Å². The van der Waals surface area contributed by atoms with Gasteiger partial charge in [-0.2, -0.15) is 0 Å². The van der Waals surface area contributed by atoms with Gasteiger partial charge in [-0.05, 0) is 19.3 Å². The third-order valence-electron chi connectivity index (χ3n) is 2.50. The number of aromatic nitrogens is 1. The molecule has 1 aromatic heterocycles. The van der Waals surface area contributed by atoms with Crippen LogP contribution in [0.2, 0.25) is 0 Å². The van der Waals surface area contributed by atoms with Crippen LogP contribution in [0.1, 0.15) is 19.3 Å². The molecule has 1 aliphatic heterocycles. The lowest BCUT2D eigenvalue weighted by Crippen LogP contribution is -2.41. The first kappa shape index (κ1) is 8.97. The first-order valence-electron chi connectivity index (χ1n) is 4.69. The second kappa shape index (κ2) is 4.07. The molecule has 0 amide bonds. The maximum absolute atomic E-state index is 9.20. The van der Waals surface area contributed by atoms with Gasteiger partial charge in [0.1, 0.15) is 0 Å². The number of piperidine rings is 1. The summed E-state index contributed by atoms with van der Waals surface area (Å²) >= 11 is 1.65. The Morgan fingerprint density at radius 3 is 3.23 bits per heavy atom. The molecular formula is C9H14N2OS. The van der Waals surface area contributed by atoms with Crippen LogP contribution in [0.15, 0.2) is 11.6 Å². The van der Waals surface area contributed by atoms with Gasteiger partial charge >= 0.3 is 0 Å². The smallest absolute Gasteiger partial charge is 0.185 e. The number of aliphatic hydroxyl groups excluding tert-OH is 1. The molecule has 1 atom stereocenters. The summed E-state index contributed by atoms with van der Waals surface area (Å²) in [4.78, 5) is 6.50. The van der Waals surface area contributed by atoms with Crippen molar-refractivity contribution in [2.45, 2.75) is 25.3 Å². The minimum absolute atomic E-state index is 0.250. The zero-order chi connectivity index (χ0) is 9.10. The number of anilines is 1. The van der Waals surface area contributed by atoms with Crippen LogP contribution >= 0.6 is 11.3 Å². The van der Waals surface area contributed by atoms with Crippen LogP contribution in [0.3, 0.4) is 0 Å². The van der Waals surface area contributed by atoms with Crippen LogP contribution in [-0.2, 0) is 0 Å². The molecular weight excluding hydrogens is 184 g/mol. The van der Waals surface area contributed by atoms with E-state index in [1.54, 1.807) is 11.3 Å². The van der Waals surface area contributed by atoms with E-state index in [-0.39, 0.29) is 6.61 Å². The van der Waals surface area contributed by atoms with Crippen LogP contribution < -0.4 is 4.90 Å². The lowest BCUT2D eigenvalue weighted by molar-refractivity contribution is 0.240. The molecule has 1 aromatic rings. The Balaban J connectivity index is 2.11. The van der Waals surface area contributed by atoms with E-state index in [0.717, 1.165) is 18.1 Å². The number of rotatable bonds is 2. The Morgan fingerprint density at radius 2 is 2.54 bits per heavy atom. The van der Waals surface area contributed by atoms with Crippen molar-refractivity contribution in [3.8, 4) is 0 Å². The Morgan fingerprint density at radius 1 is 1.62 bits per heavy atom. The van der Waals surface area contributed by atoms with E-state index < -0.39 is 0 Å². The molecule has 72 valence electrons. The molecule has 3 nitrogen and oxygen atoms in total. The molecule has 2 rings (SSSR count). The molecule has 0 spiro atoms. The van der Waals surface area contributed by atoms with E-state index in [9.17, 15) is 5.11 Å². The van der Waals surface area contributed by atoms with Crippen molar-refractivity contribution in [3.63, 3.8) is 0 Å². The lowest BCUT2D eigenvalue weighted by Gasteiger charge is -2.34. The Labute approximate surface area is 82.0 Å². The van der Waals surface area contributed by atoms with Crippen LogP contribution in [-0.4, -0.2) is 29.3 Å². The number of aliphatic hydroxyl groups is 1. The molecule has 1 fully saturated rings. The van der Waals surface area contributed by atoms with Crippen LogP contribution in [0, 0.1) is 0 Å². The average molecular weight is 198 g/mol. The fraction of sp³-hybridized carbons (Fsp3) is 0.667. The van der Waals surface area contributed by atoms with Crippen LogP contribution in [0.4, 0.5) is 5.13 Å². The predicted molar refractivity (Wildman–Crippen MR) is 54.2 cm³/mol. The Kier molecular flexibility index (Phi) is 2.80. The minimum Gasteiger partial charge on any atom is -0.394 e. The van der Waals surface area contributed by atoms with E-state index in [1.807, 2.05) is 11.6 Å². The number of thiazole rings is 1. The number of nitrogens with zero attached hydrogens (tertiary/aromatic N) is 2. The van der Waals surface area contributed by atoms with E-state index in [0.29, 0.717) is 6.04 Å². The molecule has 4 heteroatoms. The highest BCUT2D eigenvalue weighted by molar-refractivity contribution is 7.13. The van der Waals surface area contributed by atoms with E-state index in [1.165, 1.54) is 12.8 Å². The van der Waals surface area contributed by atoms with E-state index >= 15 is 0 Å². The van der Waals surface area contributed by atoms with Crippen LogP contribution in [0.5, 0.6) is 0 Å². The van der Waals surface area contributed by atoms with Gasteiger partial charge in [0.25, 0.3) is 0 Å². The second-order valence-electron chi connectivity index (χ2n) is 3.34. The first-order chi connectivity index (χ1) is 6.42. The summed E-state index contributed by atoms with van der Waals surface area (Å²) in [6.45, 7) is 1.29. The quantitative estimate of drug-likeness (QED) is 0.782. The largest absolute Gasteiger partial charge is 0.394 e. The molecule has 0 aromatic carbocycles. The average Bonchev–Trinajstić information content (AvgIpc) is 2.70. The minimum atomic E-state index is 0.250. The normalized spacial score (nSPS) is 23.5. The first-order valence-corrected chi connectivity index (χ1v) is 5.57. The van der Waals surface area contributed by atoms with Crippen molar-refractivity contribution in [2.75, 3.05) is 18.1 Å². The molecule has 1 aliphatic rings. The summed E-state index contributed by atoms with van der Waals surface area (Å²) in [6.07, 6.45) is 5.36. The third kappa shape index (κ3) is 1.84. The summed E-state index contributed by atoms with van der Waals surface area (Å²) in [5.41, 5.74) is 0. The van der Waals surface area contributed by atoms with Gasteiger partial charge in [-0.3, -0.25) is 0 Å². The molecule has 0 saturated carbocycles.